The third-order valence-electron chi connectivity index (χ3n) is 1.90. The number of halogens is 1. The maximum Gasteiger partial charge on any atom is 0.346 e. The molecule has 0 saturated carbocycles. The van der Waals surface area contributed by atoms with Gasteiger partial charge < -0.3 is 9.47 Å². The predicted molar refractivity (Wildman–Crippen MR) is 61.2 cm³/mol. The first-order valence-electron chi connectivity index (χ1n) is 4.56. The van der Waals surface area contributed by atoms with Crippen LogP contribution in [0.3, 0.4) is 0 Å². The lowest BCUT2D eigenvalue weighted by atomic mass is 10.2. The van der Waals surface area contributed by atoms with Crippen LogP contribution in [0, 0.1) is 0 Å². The van der Waals surface area contributed by atoms with Crippen molar-refractivity contribution < 1.29 is 14.3 Å². The third-order valence-corrected chi connectivity index (χ3v) is 2.55. The van der Waals surface area contributed by atoms with Crippen molar-refractivity contribution in [1.29, 1.82) is 0 Å². The van der Waals surface area contributed by atoms with Gasteiger partial charge in [0.15, 0.2) is 6.10 Å². The van der Waals surface area contributed by atoms with Crippen LogP contribution in [-0.2, 0) is 14.9 Å². The van der Waals surface area contributed by atoms with Gasteiger partial charge in [-0.1, -0.05) is 28.1 Å². The van der Waals surface area contributed by atoms with Gasteiger partial charge in [-0.25, -0.2) is 4.79 Å². The van der Waals surface area contributed by atoms with Crippen LogP contribution in [0.5, 0.6) is 5.75 Å². The zero-order valence-corrected chi connectivity index (χ0v) is 10.3. The SMILES string of the molecule is COC(=O)C(C)Oc1cccc(CBr)c1. The molecule has 0 bridgehead atoms. The van der Waals surface area contributed by atoms with Gasteiger partial charge in [0, 0.05) is 5.33 Å². The van der Waals surface area contributed by atoms with E-state index < -0.39 is 6.10 Å². The highest BCUT2D eigenvalue weighted by molar-refractivity contribution is 9.08. The number of esters is 1. The van der Waals surface area contributed by atoms with Crippen LogP contribution in [0.4, 0.5) is 0 Å². The lowest BCUT2D eigenvalue weighted by molar-refractivity contribution is -0.147. The van der Waals surface area contributed by atoms with E-state index in [-0.39, 0.29) is 5.97 Å². The molecule has 3 nitrogen and oxygen atoms in total. The summed E-state index contributed by atoms with van der Waals surface area (Å²) in [5, 5.41) is 0.761. The van der Waals surface area contributed by atoms with Crippen molar-refractivity contribution in [2.45, 2.75) is 18.4 Å². The minimum Gasteiger partial charge on any atom is -0.479 e. The highest BCUT2D eigenvalue weighted by atomic mass is 79.9. The van der Waals surface area contributed by atoms with Gasteiger partial charge in [-0.05, 0) is 24.6 Å². The van der Waals surface area contributed by atoms with Crippen LogP contribution in [0.2, 0.25) is 0 Å². The predicted octanol–water partition coefficient (Wildman–Crippen LogP) is 2.52. The van der Waals surface area contributed by atoms with Gasteiger partial charge in [0.1, 0.15) is 5.75 Å². The molecule has 1 rings (SSSR count). The van der Waals surface area contributed by atoms with Gasteiger partial charge in [-0.3, -0.25) is 0 Å². The van der Waals surface area contributed by atoms with Crippen molar-refractivity contribution >= 4 is 21.9 Å². The van der Waals surface area contributed by atoms with Crippen LogP contribution in [0.15, 0.2) is 24.3 Å². The lowest BCUT2D eigenvalue weighted by Crippen LogP contribution is -2.24. The Kier molecular flexibility index (Phi) is 4.62. The summed E-state index contributed by atoms with van der Waals surface area (Å²) in [5.41, 5.74) is 1.10. The number of carbonyl (C=O) groups is 1. The van der Waals surface area contributed by atoms with Crippen molar-refractivity contribution in [3.8, 4) is 5.75 Å². The summed E-state index contributed by atoms with van der Waals surface area (Å²) in [6.07, 6.45) is -0.583. The quantitative estimate of drug-likeness (QED) is 0.624. The molecule has 0 fully saturated rings. The van der Waals surface area contributed by atoms with Crippen LogP contribution >= 0.6 is 15.9 Å². The molecule has 0 aliphatic heterocycles. The largest absolute Gasteiger partial charge is 0.479 e. The molecule has 0 amide bonds. The summed E-state index contributed by atoms with van der Waals surface area (Å²) in [6.45, 7) is 1.66. The second-order valence-electron chi connectivity index (χ2n) is 3.06. The molecule has 0 aliphatic rings. The fourth-order valence-corrected chi connectivity index (χ4v) is 1.47. The minimum absolute atomic E-state index is 0.376. The molecule has 0 spiro atoms. The Hall–Kier alpha value is -1.03. The number of rotatable bonds is 4. The summed E-state index contributed by atoms with van der Waals surface area (Å²) < 4.78 is 9.98. The van der Waals surface area contributed by atoms with Gasteiger partial charge in [-0.15, -0.1) is 0 Å². The Morgan fingerprint density at radius 3 is 2.87 bits per heavy atom. The zero-order valence-electron chi connectivity index (χ0n) is 8.70. The average Bonchev–Trinajstić information content (AvgIpc) is 2.28. The number of alkyl halides is 1. The average molecular weight is 273 g/mol. The molecule has 0 N–H and O–H groups in total. The second-order valence-corrected chi connectivity index (χ2v) is 3.63. The van der Waals surface area contributed by atoms with Gasteiger partial charge in [0.2, 0.25) is 0 Å². The van der Waals surface area contributed by atoms with Gasteiger partial charge in [0.25, 0.3) is 0 Å². The molecule has 82 valence electrons. The van der Waals surface area contributed by atoms with Crippen molar-refractivity contribution in [2.75, 3.05) is 7.11 Å². The summed E-state index contributed by atoms with van der Waals surface area (Å²) in [7, 11) is 1.34. The highest BCUT2D eigenvalue weighted by Gasteiger charge is 2.14. The molecule has 15 heavy (non-hydrogen) atoms. The molecule has 0 heterocycles. The Balaban J connectivity index is 2.67. The Labute approximate surface area is 97.5 Å². The maximum atomic E-state index is 11.1. The molecule has 1 aromatic carbocycles. The summed E-state index contributed by atoms with van der Waals surface area (Å²) in [6, 6.07) is 7.56. The smallest absolute Gasteiger partial charge is 0.346 e. The molecule has 0 aromatic heterocycles. The first-order chi connectivity index (χ1) is 7.17. The summed E-state index contributed by atoms with van der Waals surface area (Å²) >= 11 is 3.35. The standard InChI is InChI=1S/C11H13BrO3/c1-8(11(13)14-2)15-10-5-3-4-9(6-10)7-12/h3-6,8H,7H2,1-2H3. The van der Waals surface area contributed by atoms with E-state index in [2.05, 4.69) is 20.7 Å². The number of ether oxygens (including phenoxy) is 2. The Morgan fingerprint density at radius 2 is 2.27 bits per heavy atom. The molecule has 1 unspecified atom stereocenters. The van der Waals surface area contributed by atoms with E-state index in [1.165, 1.54) is 7.11 Å². The van der Waals surface area contributed by atoms with Gasteiger partial charge in [-0.2, -0.15) is 0 Å². The molecule has 1 atom stereocenters. The maximum absolute atomic E-state index is 11.1. The van der Waals surface area contributed by atoms with Gasteiger partial charge in [0.05, 0.1) is 7.11 Å². The van der Waals surface area contributed by atoms with Crippen molar-refractivity contribution in [1.82, 2.24) is 0 Å². The van der Waals surface area contributed by atoms with E-state index >= 15 is 0 Å². The topological polar surface area (TPSA) is 35.5 Å². The number of hydrogen-bond donors (Lipinski definition) is 0. The van der Waals surface area contributed by atoms with Crippen molar-refractivity contribution in [3.05, 3.63) is 29.8 Å². The first-order valence-corrected chi connectivity index (χ1v) is 5.69. The zero-order chi connectivity index (χ0) is 11.3. The number of carbonyl (C=O) groups excluding carboxylic acids is 1. The minimum atomic E-state index is -0.583. The molecule has 1 aromatic rings. The Bertz CT molecular complexity index is 338. The monoisotopic (exact) mass is 272 g/mol. The summed E-state index contributed by atoms with van der Waals surface area (Å²) in [5.74, 6) is 0.295. The molecule has 0 saturated heterocycles. The molecular formula is C11H13BrO3. The van der Waals surface area contributed by atoms with Crippen LogP contribution < -0.4 is 4.74 Å². The third kappa shape index (κ3) is 3.55. The number of methoxy groups -OCH3 is 1. The first kappa shape index (κ1) is 12.0. The lowest BCUT2D eigenvalue weighted by Gasteiger charge is -2.12. The van der Waals surface area contributed by atoms with E-state index in [1.54, 1.807) is 6.92 Å². The Morgan fingerprint density at radius 1 is 1.53 bits per heavy atom. The fraction of sp³-hybridized carbons (Fsp3) is 0.364. The van der Waals surface area contributed by atoms with Crippen molar-refractivity contribution in [3.63, 3.8) is 0 Å². The van der Waals surface area contributed by atoms with E-state index in [0.717, 1.165) is 10.9 Å². The van der Waals surface area contributed by atoms with Crippen LogP contribution in [0.25, 0.3) is 0 Å². The molecule has 4 heteroatoms. The van der Waals surface area contributed by atoms with E-state index in [4.69, 9.17) is 4.74 Å². The summed E-state index contributed by atoms with van der Waals surface area (Å²) in [4.78, 5) is 11.1. The number of benzene rings is 1. The number of hydrogen-bond acceptors (Lipinski definition) is 3. The van der Waals surface area contributed by atoms with E-state index in [1.807, 2.05) is 24.3 Å². The second kappa shape index (κ2) is 5.75. The van der Waals surface area contributed by atoms with E-state index in [0.29, 0.717) is 5.75 Å². The van der Waals surface area contributed by atoms with Crippen molar-refractivity contribution in [2.24, 2.45) is 0 Å². The fourth-order valence-electron chi connectivity index (χ4n) is 1.12. The normalized spacial score (nSPS) is 11.9. The highest BCUT2D eigenvalue weighted by Crippen LogP contribution is 2.16. The van der Waals surface area contributed by atoms with Crippen LogP contribution in [0.1, 0.15) is 12.5 Å². The molecule has 0 radical (unpaired) electrons. The molecular weight excluding hydrogens is 260 g/mol. The van der Waals surface area contributed by atoms with Crippen LogP contribution in [-0.4, -0.2) is 19.2 Å². The molecule has 0 aliphatic carbocycles. The van der Waals surface area contributed by atoms with Gasteiger partial charge >= 0.3 is 5.97 Å². The van der Waals surface area contributed by atoms with E-state index in [9.17, 15) is 4.79 Å².